The lowest BCUT2D eigenvalue weighted by Gasteiger charge is -2.34. The van der Waals surface area contributed by atoms with Gasteiger partial charge >= 0.3 is 0 Å². The quantitative estimate of drug-likeness (QED) is 0.733. The number of carbonyl (C=O) groups excluding carboxylic acids is 2. The molecule has 3 N–H and O–H groups in total. The molecule has 0 saturated carbocycles. The number of aryl methyl sites for hydroxylation is 1. The van der Waals surface area contributed by atoms with Crippen molar-refractivity contribution in [1.82, 2.24) is 20.0 Å². The molecule has 4 rings (SSSR count). The van der Waals surface area contributed by atoms with Crippen LogP contribution < -0.4 is 16.0 Å². The van der Waals surface area contributed by atoms with Crippen LogP contribution in [0.15, 0.2) is 36.5 Å². The summed E-state index contributed by atoms with van der Waals surface area (Å²) < 4.78 is 1.86. The van der Waals surface area contributed by atoms with Crippen molar-refractivity contribution >= 4 is 23.3 Å². The largest absolute Gasteiger partial charge is 0.368 e. The van der Waals surface area contributed by atoms with Gasteiger partial charge in [0.25, 0.3) is 0 Å². The van der Waals surface area contributed by atoms with Crippen molar-refractivity contribution < 1.29 is 9.59 Å². The molecule has 0 spiro atoms. The lowest BCUT2D eigenvalue weighted by Crippen LogP contribution is -2.55. The van der Waals surface area contributed by atoms with Crippen LogP contribution in [0.3, 0.4) is 0 Å². The van der Waals surface area contributed by atoms with Gasteiger partial charge in [-0.15, -0.1) is 0 Å². The van der Waals surface area contributed by atoms with Crippen LogP contribution >= 0.6 is 0 Å². The van der Waals surface area contributed by atoms with E-state index < -0.39 is 6.04 Å². The van der Waals surface area contributed by atoms with Crippen LogP contribution in [0.4, 0.5) is 11.5 Å². The summed E-state index contributed by atoms with van der Waals surface area (Å²) in [5.41, 5.74) is 1.80. The van der Waals surface area contributed by atoms with Crippen molar-refractivity contribution in [1.29, 1.82) is 0 Å². The Morgan fingerprint density at radius 3 is 2.89 bits per heavy atom. The summed E-state index contributed by atoms with van der Waals surface area (Å²) in [5, 5.41) is 13.3. The van der Waals surface area contributed by atoms with E-state index in [2.05, 4.69) is 25.9 Å². The minimum Gasteiger partial charge on any atom is -0.368 e. The van der Waals surface area contributed by atoms with Crippen molar-refractivity contribution in [2.75, 3.05) is 30.3 Å². The normalized spacial score (nSPS) is 19.7. The third-order valence-corrected chi connectivity index (χ3v) is 5.00. The number of nitrogens with zero attached hydrogens (tertiary/aromatic N) is 3. The fraction of sp³-hybridized carbons (Fsp3) is 0.421. The zero-order valence-corrected chi connectivity index (χ0v) is 15.1. The van der Waals surface area contributed by atoms with Gasteiger partial charge in [0.05, 0.1) is 18.7 Å². The average Bonchev–Trinajstić information content (AvgIpc) is 3.08. The minimum absolute atomic E-state index is 0.0949. The first-order valence-corrected chi connectivity index (χ1v) is 9.36. The standard InChI is InChI=1S/C19H24N6O2/c26-17(23-15-12-22-25-9-4-7-20-18(15)25)11-16-19(27)21-8-10-24(16)13-14-5-2-1-3-6-14/h1-3,5-6,12,16,20H,4,7-11,13H2,(H,21,27)(H,23,26). The zero-order valence-electron chi connectivity index (χ0n) is 15.1. The molecule has 8 heteroatoms. The number of nitrogens with one attached hydrogen (secondary N) is 3. The molecule has 3 heterocycles. The number of fused-ring (bicyclic) bond motifs is 1. The highest BCUT2D eigenvalue weighted by Gasteiger charge is 2.32. The third-order valence-electron chi connectivity index (χ3n) is 5.00. The van der Waals surface area contributed by atoms with E-state index in [1.807, 2.05) is 35.0 Å². The van der Waals surface area contributed by atoms with Crippen LogP contribution in [0, 0.1) is 0 Å². The summed E-state index contributed by atoms with van der Waals surface area (Å²) in [6.07, 6.45) is 2.79. The Morgan fingerprint density at radius 2 is 2.04 bits per heavy atom. The second-order valence-electron chi connectivity index (χ2n) is 6.93. The van der Waals surface area contributed by atoms with Gasteiger partial charge in [-0.25, -0.2) is 4.68 Å². The van der Waals surface area contributed by atoms with E-state index in [0.717, 1.165) is 37.4 Å². The first-order valence-electron chi connectivity index (χ1n) is 9.36. The van der Waals surface area contributed by atoms with Crippen LogP contribution in [-0.2, 0) is 22.7 Å². The molecule has 1 fully saturated rings. The Labute approximate surface area is 157 Å². The molecule has 0 bridgehead atoms. The molecule has 27 heavy (non-hydrogen) atoms. The highest BCUT2D eigenvalue weighted by atomic mass is 16.2. The molecule has 8 nitrogen and oxygen atoms in total. The second kappa shape index (κ2) is 7.79. The number of rotatable bonds is 5. The van der Waals surface area contributed by atoms with Crippen molar-refractivity contribution in [3.05, 3.63) is 42.1 Å². The summed E-state index contributed by atoms with van der Waals surface area (Å²) in [5.74, 6) is 0.560. The lowest BCUT2D eigenvalue weighted by molar-refractivity contribution is -0.132. The predicted molar refractivity (Wildman–Crippen MR) is 102 cm³/mol. The van der Waals surface area contributed by atoms with E-state index in [1.54, 1.807) is 6.20 Å². The zero-order chi connectivity index (χ0) is 18.6. The average molecular weight is 368 g/mol. The summed E-state index contributed by atoms with van der Waals surface area (Å²) >= 11 is 0. The Morgan fingerprint density at radius 1 is 1.19 bits per heavy atom. The Hall–Kier alpha value is -2.87. The fourth-order valence-corrected chi connectivity index (χ4v) is 3.64. The van der Waals surface area contributed by atoms with E-state index in [4.69, 9.17) is 0 Å². The number of hydrogen-bond acceptors (Lipinski definition) is 5. The lowest BCUT2D eigenvalue weighted by atomic mass is 10.1. The maximum absolute atomic E-state index is 12.6. The molecule has 2 amide bonds. The third kappa shape index (κ3) is 3.95. The molecular formula is C19H24N6O2. The van der Waals surface area contributed by atoms with Gasteiger partial charge in [-0.2, -0.15) is 5.10 Å². The summed E-state index contributed by atoms with van der Waals surface area (Å²) in [4.78, 5) is 27.1. The molecule has 1 saturated heterocycles. The maximum atomic E-state index is 12.6. The molecule has 2 aromatic rings. The number of piperazine rings is 1. The van der Waals surface area contributed by atoms with Gasteiger partial charge in [-0.3, -0.25) is 14.5 Å². The first-order chi connectivity index (χ1) is 13.2. The Bertz CT molecular complexity index is 819. The number of carbonyl (C=O) groups is 2. The van der Waals surface area contributed by atoms with E-state index in [9.17, 15) is 9.59 Å². The molecule has 2 aliphatic heterocycles. The number of anilines is 2. The highest BCUT2D eigenvalue weighted by Crippen LogP contribution is 2.24. The first kappa shape index (κ1) is 17.5. The van der Waals surface area contributed by atoms with Crippen molar-refractivity contribution in [3.63, 3.8) is 0 Å². The summed E-state index contributed by atoms with van der Waals surface area (Å²) in [7, 11) is 0. The molecular weight excluding hydrogens is 344 g/mol. The molecule has 0 radical (unpaired) electrons. The molecule has 142 valence electrons. The minimum atomic E-state index is -0.474. The summed E-state index contributed by atoms with van der Waals surface area (Å²) in [6.45, 7) is 3.68. The number of amides is 2. The Balaban J connectivity index is 1.43. The maximum Gasteiger partial charge on any atom is 0.237 e. The number of aromatic nitrogens is 2. The molecule has 1 unspecified atom stereocenters. The Kier molecular flexibility index (Phi) is 5.06. The topological polar surface area (TPSA) is 91.3 Å². The van der Waals surface area contributed by atoms with Gasteiger partial charge in [0.15, 0.2) is 0 Å². The van der Waals surface area contributed by atoms with Crippen LogP contribution in [0.1, 0.15) is 18.4 Å². The van der Waals surface area contributed by atoms with E-state index >= 15 is 0 Å². The van der Waals surface area contributed by atoms with Crippen molar-refractivity contribution in [2.45, 2.75) is 32.0 Å². The van der Waals surface area contributed by atoms with E-state index in [1.165, 1.54) is 0 Å². The van der Waals surface area contributed by atoms with Crippen LogP contribution in [0.5, 0.6) is 0 Å². The fourth-order valence-electron chi connectivity index (χ4n) is 3.64. The van der Waals surface area contributed by atoms with Gasteiger partial charge in [-0.05, 0) is 12.0 Å². The SMILES string of the molecule is O=C(CC1C(=O)NCCN1Cc1ccccc1)Nc1cnn2c1NCCC2. The van der Waals surface area contributed by atoms with Gasteiger partial charge in [-0.1, -0.05) is 30.3 Å². The van der Waals surface area contributed by atoms with Crippen molar-refractivity contribution in [2.24, 2.45) is 0 Å². The van der Waals surface area contributed by atoms with Gasteiger partial charge < -0.3 is 16.0 Å². The van der Waals surface area contributed by atoms with Crippen LogP contribution in [0.25, 0.3) is 0 Å². The van der Waals surface area contributed by atoms with Gasteiger partial charge in [0, 0.05) is 32.7 Å². The molecule has 1 atom stereocenters. The van der Waals surface area contributed by atoms with Gasteiger partial charge in [0.2, 0.25) is 11.8 Å². The summed E-state index contributed by atoms with van der Waals surface area (Å²) in [6, 6.07) is 9.54. The highest BCUT2D eigenvalue weighted by molar-refractivity contribution is 5.97. The van der Waals surface area contributed by atoms with E-state index in [-0.39, 0.29) is 18.2 Å². The van der Waals surface area contributed by atoms with Crippen molar-refractivity contribution in [3.8, 4) is 0 Å². The molecule has 0 aliphatic carbocycles. The smallest absolute Gasteiger partial charge is 0.237 e. The molecule has 2 aliphatic rings. The monoisotopic (exact) mass is 368 g/mol. The number of hydrogen-bond donors (Lipinski definition) is 3. The second-order valence-corrected chi connectivity index (χ2v) is 6.93. The molecule has 1 aromatic heterocycles. The van der Waals surface area contributed by atoms with Crippen LogP contribution in [-0.4, -0.2) is 52.2 Å². The van der Waals surface area contributed by atoms with Gasteiger partial charge in [0.1, 0.15) is 11.5 Å². The molecule has 1 aromatic carbocycles. The van der Waals surface area contributed by atoms with E-state index in [0.29, 0.717) is 18.8 Å². The number of benzene rings is 1. The van der Waals surface area contributed by atoms with Crippen LogP contribution in [0.2, 0.25) is 0 Å². The predicted octanol–water partition coefficient (Wildman–Crippen LogP) is 1.03.